The second-order valence-corrected chi connectivity index (χ2v) is 6.71. The Morgan fingerprint density at radius 1 is 1.07 bits per heavy atom. The molecular formula is C20H17N5O4. The van der Waals surface area contributed by atoms with Gasteiger partial charge in [-0.3, -0.25) is 19.7 Å². The number of aromatic nitrogens is 2. The van der Waals surface area contributed by atoms with Crippen LogP contribution in [0.3, 0.4) is 0 Å². The quantitative estimate of drug-likeness (QED) is 0.495. The summed E-state index contributed by atoms with van der Waals surface area (Å²) in [7, 11) is 0. The number of rotatable bonds is 6. The second kappa shape index (κ2) is 7.55. The Balaban J connectivity index is 1.47. The molecule has 3 aromatic rings. The molecule has 9 nitrogen and oxygen atoms in total. The van der Waals surface area contributed by atoms with Gasteiger partial charge in [-0.1, -0.05) is 12.1 Å². The number of non-ortho nitro benzene ring substituents is 1. The number of benzene rings is 2. The molecule has 0 spiro atoms. The number of anilines is 1. The third kappa shape index (κ3) is 4.29. The van der Waals surface area contributed by atoms with Crippen molar-refractivity contribution in [3.63, 3.8) is 0 Å². The summed E-state index contributed by atoms with van der Waals surface area (Å²) in [6.45, 7) is 0. The van der Waals surface area contributed by atoms with Crippen LogP contribution in [0.4, 0.5) is 11.4 Å². The van der Waals surface area contributed by atoms with Crippen molar-refractivity contribution in [1.29, 1.82) is 0 Å². The first-order valence-electron chi connectivity index (χ1n) is 9.02. The van der Waals surface area contributed by atoms with Crippen molar-refractivity contribution in [2.45, 2.75) is 18.9 Å². The van der Waals surface area contributed by atoms with E-state index in [0.29, 0.717) is 16.9 Å². The summed E-state index contributed by atoms with van der Waals surface area (Å²) in [5, 5.41) is 20.7. The molecule has 0 atom stereocenters. The lowest BCUT2D eigenvalue weighted by Crippen LogP contribution is -2.25. The SMILES string of the molecule is O=C(NC1CC1)c1cccc(NC(=O)c2ccn(-c3cccc([N+](=O)[O-])c3)n2)c1. The Labute approximate surface area is 165 Å². The molecule has 0 aliphatic heterocycles. The van der Waals surface area contributed by atoms with E-state index in [2.05, 4.69) is 15.7 Å². The van der Waals surface area contributed by atoms with Crippen LogP contribution in [0, 0.1) is 10.1 Å². The third-order valence-electron chi connectivity index (χ3n) is 4.42. The lowest BCUT2D eigenvalue weighted by Gasteiger charge is -2.07. The standard InChI is InChI=1S/C20H17N5O4/c26-19(21-14-7-8-14)13-3-1-4-15(11-13)22-20(27)18-9-10-24(23-18)16-5-2-6-17(12-16)25(28)29/h1-6,9-12,14H,7-8H2,(H,21,26)(H,22,27). The van der Waals surface area contributed by atoms with Crippen LogP contribution in [0.15, 0.2) is 60.8 Å². The molecule has 146 valence electrons. The zero-order chi connectivity index (χ0) is 20.4. The molecule has 29 heavy (non-hydrogen) atoms. The van der Waals surface area contributed by atoms with Gasteiger partial charge in [0.05, 0.1) is 10.6 Å². The summed E-state index contributed by atoms with van der Waals surface area (Å²) < 4.78 is 1.39. The van der Waals surface area contributed by atoms with E-state index in [1.807, 2.05) is 0 Å². The van der Waals surface area contributed by atoms with Gasteiger partial charge < -0.3 is 10.6 Å². The summed E-state index contributed by atoms with van der Waals surface area (Å²) in [5.41, 5.74) is 1.49. The van der Waals surface area contributed by atoms with Crippen molar-refractivity contribution in [3.05, 3.63) is 82.2 Å². The molecule has 0 saturated heterocycles. The summed E-state index contributed by atoms with van der Waals surface area (Å²) in [4.78, 5) is 35.1. The van der Waals surface area contributed by atoms with Crippen LogP contribution in [0.25, 0.3) is 5.69 Å². The summed E-state index contributed by atoms with van der Waals surface area (Å²) in [6, 6.07) is 14.4. The Hall–Kier alpha value is -4.01. The molecule has 4 rings (SSSR count). The predicted octanol–water partition coefficient (Wildman–Crippen LogP) is 2.93. The number of nitro groups is 1. The highest BCUT2D eigenvalue weighted by Crippen LogP contribution is 2.20. The highest BCUT2D eigenvalue weighted by molar-refractivity contribution is 6.04. The van der Waals surface area contributed by atoms with Crippen molar-refractivity contribution in [1.82, 2.24) is 15.1 Å². The zero-order valence-corrected chi connectivity index (χ0v) is 15.2. The number of amides is 2. The van der Waals surface area contributed by atoms with Gasteiger partial charge in [0.2, 0.25) is 0 Å². The van der Waals surface area contributed by atoms with Crippen molar-refractivity contribution >= 4 is 23.2 Å². The fraction of sp³-hybridized carbons (Fsp3) is 0.150. The average molecular weight is 391 g/mol. The Morgan fingerprint density at radius 2 is 1.86 bits per heavy atom. The minimum atomic E-state index is -0.493. The first-order valence-corrected chi connectivity index (χ1v) is 9.02. The van der Waals surface area contributed by atoms with E-state index in [1.165, 1.54) is 22.9 Å². The molecule has 0 bridgehead atoms. The van der Waals surface area contributed by atoms with E-state index in [0.717, 1.165) is 12.8 Å². The van der Waals surface area contributed by atoms with E-state index >= 15 is 0 Å². The highest BCUT2D eigenvalue weighted by atomic mass is 16.6. The number of nitro benzene ring substituents is 1. The maximum Gasteiger partial charge on any atom is 0.276 e. The molecule has 1 saturated carbocycles. The molecule has 2 N–H and O–H groups in total. The number of carbonyl (C=O) groups excluding carboxylic acids is 2. The van der Waals surface area contributed by atoms with E-state index in [1.54, 1.807) is 42.6 Å². The minimum absolute atomic E-state index is 0.0645. The van der Waals surface area contributed by atoms with Crippen LogP contribution in [-0.2, 0) is 0 Å². The van der Waals surface area contributed by atoms with Crippen LogP contribution in [0.1, 0.15) is 33.7 Å². The van der Waals surface area contributed by atoms with Gasteiger partial charge in [-0.15, -0.1) is 0 Å². The van der Waals surface area contributed by atoms with Crippen molar-refractivity contribution in [3.8, 4) is 5.69 Å². The van der Waals surface area contributed by atoms with Crippen molar-refractivity contribution in [2.24, 2.45) is 0 Å². The lowest BCUT2D eigenvalue weighted by atomic mass is 10.2. The largest absolute Gasteiger partial charge is 0.349 e. The van der Waals surface area contributed by atoms with Crippen LogP contribution in [-0.4, -0.2) is 32.6 Å². The number of hydrogen-bond donors (Lipinski definition) is 2. The molecule has 2 aromatic carbocycles. The molecule has 1 aliphatic carbocycles. The lowest BCUT2D eigenvalue weighted by molar-refractivity contribution is -0.384. The number of nitrogens with one attached hydrogen (secondary N) is 2. The van der Waals surface area contributed by atoms with E-state index < -0.39 is 10.8 Å². The van der Waals surface area contributed by atoms with Gasteiger partial charge in [0.1, 0.15) is 0 Å². The fourth-order valence-corrected chi connectivity index (χ4v) is 2.77. The Kier molecular flexibility index (Phi) is 4.78. The third-order valence-corrected chi connectivity index (χ3v) is 4.42. The van der Waals surface area contributed by atoms with Gasteiger partial charge in [0, 0.05) is 35.6 Å². The molecule has 1 heterocycles. The van der Waals surface area contributed by atoms with Crippen LogP contribution in [0.2, 0.25) is 0 Å². The van der Waals surface area contributed by atoms with Gasteiger partial charge in [-0.05, 0) is 43.2 Å². The predicted molar refractivity (Wildman–Crippen MR) is 105 cm³/mol. The van der Waals surface area contributed by atoms with E-state index in [4.69, 9.17) is 0 Å². The first kappa shape index (κ1) is 18.4. The van der Waals surface area contributed by atoms with Gasteiger partial charge in [-0.2, -0.15) is 5.10 Å². The van der Waals surface area contributed by atoms with Crippen LogP contribution in [0.5, 0.6) is 0 Å². The summed E-state index contributed by atoms with van der Waals surface area (Å²) >= 11 is 0. The van der Waals surface area contributed by atoms with Crippen LogP contribution < -0.4 is 10.6 Å². The smallest absolute Gasteiger partial charge is 0.276 e. The molecular weight excluding hydrogens is 374 g/mol. The maximum absolute atomic E-state index is 12.5. The topological polar surface area (TPSA) is 119 Å². The first-order chi connectivity index (χ1) is 14.0. The zero-order valence-electron chi connectivity index (χ0n) is 15.2. The second-order valence-electron chi connectivity index (χ2n) is 6.71. The maximum atomic E-state index is 12.5. The van der Waals surface area contributed by atoms with Gasteiger partial charge in [-0.25, -0.2) is 4.68 Å². The monoisotopic (exact) mass is 391 g/mol. The fourth-order valence-electron chi connectivity index (χ4n) is 2.77. The van der Waals surface area contributed by atoms with Gasteiger partial charge in [0.15, 0.2) is 5.69 Å². The average Bonchev–Trinajstić information content (AvgIpc) is 3.39. The molecule has 1 aliphatic rings. The molecule has 0 unspecified atom stereocenters. The van der Waals surface area contributed by atoms with Gasteiger partial charge >= 0.3 is 0 Å². The Bertz CT molecular complexity index is 1100. The molecule has 1 fully saturated rings. The summed E-state index contributed by atoms with van der Waals surface area (Å²) in [6.07, 6.45) is 3.54. The number of carbonyl (C=O) groups is 2. The van der Waals surface area contributed by atoms with E-state index in [9.17, 15) is 19.7 Å². The normalized spacial score (nSPS) is 13.0. The van der Waals surface area contributed by atoms with Gasteiger partial charge in [0.25, 0.3) is 17.5 Å². The summed E-state index contributed by atoms with van der Waals surface area (Å²) in [5.74, 6) is -0.618. The molecule has 0 radical (unpaired) electrons. The Morgan fingerprint density at radius 3 is 2.62 bits per heavy atom. The van der Waals surface area contributed by atoms with Crippen molar-refractivity contribution < 1.29 is 14.5 Å². The minimum Gasteiger partial charge on any atom is -0.349 e. The number of nitrogens with zero attached hydrogens (tertiary/aromatic N) is 3. The molecule has 1 aromatic heterocycles. The molecule has 9 heteroatoms. The molecule has 2 amide bonds. The van der Waals surface area contributed by atoms with Crippen molar-refractivity contribution in [2.75, 3.05) is 5.32 Å². The van der Waals surface area contributed by atoms with E-state index in [-0.39, 0.29) is 23.3 Å². The van der Waals surface area contributed by atoms with Crippen LogP contribution >= 0.6 is 0 Å². The highest BCUT2D eigenvalue weighted by Gasteiger charge is 2.24. The number of hydrogen-bond acceptors (Lipinski definition) is 5.